The van der Waals surface area contributed by atoms with Gasteiger partial charge in [0.1, 0.15) is 12.3 Å². The summed E-state index contributed by atoms with van der Waals surface area (Å²) in [6.07, 6.45) is -1.84. The summed E-state index contributed by atoms with van der Waals surface area (Å²) in [6.45, 7) is 0.977. The van der Waals surface area contributed by atoms with Gasteiger partial charge >= 0.3 is 6.18 Å². The summed E-state index contributed by atoms with van der Waals surface area (Å²) in [5.74, 6) is -1.24. The molecular weight excluding hydrogens is 423 g/mol. The van der Waals surface area contributed by atoms with Gasteiger partial charge in [-0.05, 0) is 43.9 Å². The number of fused-ring (bicyclic) bond motifs is 1. The molecule has 2 aromatic rings. The molecule has 1 amide bonds. The van der Waals surface area contributed by atoms with Crippen LogP contribution in [0.3, 0.4) is 0 Å². The van der Waals surface area contributed by atoms with E-state index < -0.39 is 34.2 Å². The number of benzene rings is 1. The summed E-state index contributed by atoms with van der Waals surface area (Å²) in [5, 5.41) is 16.0. The number of phenols is 1. The standard InChI is InChI=1S/C19H22F3N3O4S/c1-2-30(28,29)12-8-9-16(26)14(10-12)23-17(27)11-25-15-7-5-3-4-6-13(15)18(24-25)19(20,21)22/h8-10,26H,2-7,11H2,1H3,(H,23,27). The molecule has 2 N–H and O–H groups in total. The van der Waals surface area contributed by atoms with Gasteiger partial charge in [0, 0.05) is 11.3 Å². The van der Waals surface area contributed by atoms with Crippen LogP contribution in [0.25, 0.3) is 0 Å². The van der Waals surface area contributed by atoms with Crippen LogP contribution >= 0.6 is 0 Å². The molecule has 0 fully saturated rings. The summed E-state index contributed by atoms with van der Waals surface area (Å²) >= 11 is 0. The maximum Gasteiger partial charge on any atom is 0.435 e. The lowest BCUT2D eigenvalue weighted by Crippen LogP contribution is -2.21. The first-order valence-electron chi connectivity index (χ1n) is 9.54. The van der Waals surface area contributed by atoms with Crippen molar-refractivity contribution >= 4 is 21.4 Å². The van der Waals surface area contributed by atoms with Gasteiger partial charge in [0.15, 0.2) is 15.5 Å². The highest BCUT2D eigenvalue weighted by Gasteiger charge is 2.39. The van der Waals surface area contributed by atoms with Gasteiger partial charge in [0.25, 0.3) is 0 Å². The molecule has 0 spiro atoms. The van der Waals surface area contributed by atoms with Crippen molar-refractivity contribution in [3.05, 3.63) is 35.2 Å². The Bertz CT molecular complexity index is 1060. The normalized spacial score (nSPS) is 14.8. The Kier molecular flexibility index (Phi) is 6.11. The van der Waals surface area contributed by atoms with Gasteiger partial charge in [-0.25, -0.2) is 8.42 Å². The van der Waals surface area contributed by atoms with Crippen LogP contribution in [0.4, 0.5) is 18.9 Å². The highest BCUT2D eigenvalue weighted by Crippen LogP contribution is 2.35. The van der Waals surface area contributed by atoms with Crippen LogP contribution in [0.15, 0.2) is 23.1 Å². The molecule has 0 bridgehead atoms. The Hall–Kier alpha value is -2.56. The van der Waals surface area contributed by atoms with Crippen molar-refractivity contribution in [3.8, 4) is 5.75 Å². The lowest BCUT2D eigenvalue weighted by molar-refractivity contribution is -0.142. The van der Waals surface area contributed by atoms with Crippen LogP contribution < -0.4 is 5.32 Å². The monoisotopic (exact) mass is 445 g/mol. The number of halogens is 3. The molecule has 0 atom stereocenters. The zero-order valence-electron chi connectivity index (χ0n) is 16.3. The number of phenolic OH excluding ortho intramolecular Hbond substituents is 1. The minimum atomic E-state index is -4.61. The molecule has 164 valence electrons. The van der Waals surface area contributed by atoms with Crippen molar-refractivity contribution in [2.24, 2.45) is 0 Å². The number of nitrogens with one attached hydrogen (secondary N) is 1. The number of aromatic nitrogens is 2. The number of hydrogen-bond donors (Lipinski definition) is 2. The minimum Gasteiger partial charge on any atom is -0.506 e. The lowest BCUT2D eigenvalue weighted by Gasteiger charge is -2.11. The molecule has 11 heteroatoms. The average molecular weight is 445 g/mol. The molecule has 3 rings (SSSR count). The van der Waals surface area contributed by atoms with Gasteiger partial charge in [-0.15, -0.1) is 0 Å². The Morgan fingerprint density at radius 2 is 1.93 bits per heavy atom. The van der Waals surface area contributed by atoms with Gasteiger partial charge in [-0.2, -0.15) is 18.3 Å². The van der Waals surface area contributed by atoms with Crippen molar-refractivity contribution in [2.45, 2.75) is 56.6 Å². The fourth-order valence-corrected chi connectivity index (χ4v) is 4.41. The summed E-state index contributed by atoms with van der Waals surface area (Å²) in [6, 6.07) is 3.48. The molecule has 1 aliphatic rings. The highest BCUT2D eigenvalue weighted by atomic mass is 32.2. The number of carbonyl (C=O) groups excluding carboxylic acids is 1. The molecule has 0 radical (unpaired) electrons. The second kappa shape index (κ2) is 8.29. The predicted molar refractivity (Wildman–Crippen MR) is 103 cm³/mol. The van der Waals surface area contributed by atoms with Crippen LogP contribution in [0.5, 0.6) is 5.75 Å². The van der Waals surface area contributed by atoms with Gasteiger partial charge < -0.3 is 10.4 Å². The molecular formula is C19H22F3N3O4S. The zero-order valence-corrected chi connectivity index (χ0v) is 17.1. The topological polar surface area (TPSA) is 101 Å². The van der Waals surface area contributed by atoms with E-state index in [1.54, 1.807) is 0 Å². The second-order valence-electron chi connectivity index (χ2n) is 7.12. The number of sulfone groups is 1. The summed E-state index contributed by atoms with van der Waals surface area (Å²) in [5.41, 5.74) is -0.580. The number of carbonyl (C=O) groups is 1. The Morgan fingerprint density at radius 1 is 1.23 bits per heavy atom. The van der Waals surface area contributed by atoms with E-state index in [2.05, 4.69) is 10.4 Å². The van der Waals surface area contributed by atoms with E-state index in [4.69, 9.17) is 0 Å². The Balaban J connectivity index is 1.87. The largest absolute Gasteiger partial charge is 0.506 e. The predicted octanol–water partition coefficient (Wildman–Crippen LogP) is 3.31. The third-order valence-corrected chi connectivity index (χ3v) is 6.78. The Morgan fingerprint density at radius 3 is 2.60 bits per heavy atom. The second-order valence-corrected chi connectivity index (χ2v) is 9.40. The van der Waals surface area contributed by atoms with Crippen molar-refractivity contribution in [1.29, 1.82) is 0 Å². The van der Waals surface area contributed by atoms with Crippen molar-refractivity contribution < 1.29 is 31.5 Å². The molecule has 0 saturated carbocycles. The Labute approximate surface area is 171 Å². The van der Waals surface area contributed by atoms with Gasteiger partial charge in [0.2, 0.25) is 5.91 Å². The first kappa shape index (κ1) is 22.1. The van der Waals surface area contributed by atoms with Crippen LogP contribution in [-0.4, -0.2) is 35.0 Å². The van der Waals surface area contributed by atoms with Crippen LogP contribution in [0.2, 0.25) is 0 Å². The number of nitrogens with zero attached hydrogens (tertiary/aromatic N) is 2. The highest BCUT2D eigenvalue weighted by molar-refractivity contribution is 7.91. The fraction of sp³-hybridized carbons (Fsp3) is 0.474. The number of rotatable bonds is 5. The van der Waals surface area contributed by atoms with E-state index in [-0.39, 0.29) is 34.1 Å². The minimum absolute atomic E-state index is 0.0783. The van der Waals surface area contributed by atoms with E-state index >= 15 is 0 Å². The molecule has 1 aliphatic carbocycles. The molecule has 7 nitrogen and oxygen atoms in total. The molecule has 1 heterocycles. The molecule has 0 saturated heterocycles. The molecule has 0 unspecified atom stereocenters. The molecule has 30 heavy (non-hydrogen) atoms. The van der Waals surface area contributed by atoms with Gasteiger partial charge in [0.05, 0.1) is 16.3 Å². The van der Waals surface area contributed by atoms with Gasteiger partial charge in [-0.3, -0.25) is 9.48 Å². The summed E-state index contributed by atoms with van der Waals surface area (Å²) in [7, 11) is -3.57. The molecule has 0 aliphatic heterocycles. The average Bonchev–Trinajstić information content (AvgIpc) is 2.85. The first-order valence-corrected chi connectivity index (χ1v) is 11.2. The smallest absolute Gasteiger partial charge is 0.435 e. The fourth-order valence-electron chi connectivity index (χ4n) is 3.51. The maximum absolute atomic E-state index is 13.4. The van der Waals surface area contributed by atoms with Crippen LogP contribution in [-0.2, 0) is 40.2 Å². The third-order valence-electron chi connectivity index (χ3n) is 5.05. The van der Waals surface area contributed by atoms with E-state index in [1.807, 2.05) is 0 Å². The summed E-state index contributed by atoms with van der Waals surface area (Å²) in [4.78, 5) is 12.4. The van der Waals surface area contributed by atoms with Crippen LogP contribution in [0.1, 0.15) is 43.1 Å². The van der Waals surface area contributed by atoms with E-state index in [0.29, 0.717) is 25.0 Å². The molecule has 1 aromatic carbocycles. The number of hydrogen-bond acceptors (Lipinski definition) is 5. The summed E-state index contributed by atoms with van der Waals surface area (Å²) < 4.78 is 65.2. The van der Waals surface area contributed by atoms with Crippen molar-refractivity contribution in [1.82, 2.24) is 9.78 Å². The quantitative estimate of drug-likeness (QED) is 0.543. The van der Waals surface area contributed by atoms with E-state index in [9.17, 15) is 31.5 Å². The number of amides is 1. The lowest BCUT2D eigenvalue weighted by atomic mass is 10.1. The van der Waals surface area contributed by atoms with Crippen molar-refractivity contribution in [2.75, 3.05) is 11.1 Å². The number of aromatic hydroxyl groups is 1. The third kappa shape index (κ3) is 4.61. The van der Waals surface area contributed by atoms with Crippen LogP contribution in [0, 0.1) is 0 Å². The zero-order chi connectivity index (χ0) is 22.1. The SMILES string of the molecule is CCS(=O)(=O)c1ccc(O)c(NC(=O)Cn2nc(C(F)(F)F)c3c2CCCCC3)c1. The number of anilines is 1. The van der Waals surface area contributed by atoms with Gasteiger partial charge in [-0.1, -0.05) is 13.3 Å². The number of alkyl halides is 3. The first-order chi connectivity index (χ1) is 14.0. The molecule has 1 aromatic heterocycles. The van der Waals surface area contributed by atoms with E-state index in [1.165, 1.54) is 13.0 Å². The van der Waals surface area contributed by atoms with E-state index in [0.717, 1.165) is 23.2 Å². The maximum atomic E-state index is 13.4. The van der Waals surface area contributed by atoms with Crippen molar-refractivity contribution in [3.63, 3.8) is 0 Å².